The fourth-order valence-corrected chi connectivity index (χ4v) is 9.86. The average molecular weight is 889 g/mol. The monoisotopic (exact) mass is 887 g/mol. The predicted octanol–water partition coefficient (Wildman–Crippen LogP) is 11.4. The second-order valence-corrected chi connectivity index (χ2v) is 18.7. The van der Waals surface area contributed by atoms with E-state index in [1.54, 1.807) is 22.7 Å². The van der Waals surface area contributed by atoms with Crippen molar-refractivity contribution in [2.45, 2.75) is 64.5 Å². The number of aromatic nitrogens is 1. The number of thiazole rings is 1. The van der Waals surface area contributed by atoms with Crippen LogP contribution in [0, 0.1) is 11.8 Å². The van der Waals surface area contributed by atoms with Gasteiger partial charge in [0.2, 0.25) is 0 Å². The lowest BCUT2D eigenvalue weighted by molar-refractivity contribution is -0.172. The van der Waals surface area contributed by atoms with Gasteiger partial charge in [-0.05, 0) is 109 Å². The van der Waals surface area contributed by atoms with Crippen molar-refractivity contribution in [1.82, 2.24) is 14.8 Å². The first-order valence-electron chi connectivity index (χ1n) is 21.9. The highest BCUT2D eigenvalue weighted by Gasteiger charge is 2.39. The molecule has 0 atom stereocenters. The summed E-state index contributed by atoms with van der Waals surface area (Å²) in [7, 11) is 0. The summed E-state index contributed by atoms with van der Waals surface area (Å²) >= 11 is 10.1. The number of carbonyl (C=O) groups is 2. The first kappa shape index (κ1) is 43.8. The van der Waals surface area contributed by atoms with Crippen LogP contribution in [0.4, 0.5) is 0 Å². The number of unbranched alkanes of at least 4 members (excludes halogenated alkanes) is 4. The fourth-order valence-electron chi connectivity index (χ4n) is 8.19. The van der Waals surface area contributed by atoms with E-state index < -0.39 is 11.9 Å². The molecule has 11 heteroatoms. The molecule has 322 valence electrons. The molecule has 0 amide bonds. The van der Waals surface area contributed by atoms with Gasteiger partial charge in [0.1, 0.15) is 11.5 Å². The molecular formula is C51H54ClN3O5S2. The number of likely N-dealkylation sites (tertiary alicyclic amines) is 2. The van der Waals surface area contributed by atoms with Crippen LogP contribution in [-0.4, -0.2) is 66.1 Å². The van der Waals surface area contributed by atoms with Gasteiger partial charge < -0.3 is 14.2 Å². The Balaban J connectivity index is 0.755. The summed E-state index contributed by atoms with van der Waals surface area (Å²) in [4.78, 5) is 36.9. The first-order chi connectivity index (χ1) is 30.4. The lowest BCUT2D eigenvalue weighted by Gasteiger charge is -2.39. The molecule has 2 aromatic heterocycles. The molecule has 8 nitrogen and oxygen atoms in total. The minimum absolute atomic E-state index is 0.312. The van der Waals surface area contributed by atoms with Crippen molar-refractivity contribution in [1.29, 1.82) is 0 Å². The molecule has 0 bridgehead atoms. The van der Waals surface area contributed by atoms with Gasteiger partial charge in [-0.25, -0.2) is 0 Å². The number of nitrogens with zero attached hydrogens (tertiary/aromatic N) is 3. The summed E-state index contributed by atoms with van der Waals surface area (Å²) in [6, 6.07) is 35.8. The van der Waals surface area contributed by atoms with E-state index in [-0.39, 0.29) is 11.8 Å². The minimum Gasteiger partial charge on any atom is -0.493 e. The summed E-state index contributed by atoms with van der Waals surface area (Å²) in [5.74, 6) is 0.0852. The third-order valence-corrected chi connectivity index (χ3v) is 13.6. The van der Waals surface area contributed by atoms with Crippen molar-refractivity contribution < 1.29 is 23.8 Å². The van der Waals surface area contributed by atoms with Gasteiger partial charge in [0, 0.05) is 61.5 Å². The average Bonchev–Trinajstić information content (AvgIpc) is 4.00. The molecule has 0 spiro atoms. The number of benzene rings is 4. The van der Waals surface area contributed by atoms with Crippen molar-refractivity contribution in [3.63, 3.8) is 0 Å². The van der Waals surface area contributed by atoms with Gasteiger partial charge in [0.05, 0.1) is 40.5 Å². The number of halogens is 1. The standard InChI is InChI=1S/C51H54ClN3O5S2/c52-45-28-40(27-44(47-20-13-25-61-47)49(45)59-24-12-4-10-19-38-16-7-2-8-17-38)31-55-34-42(35-55)51(57)60-50(56)41-32-54(33-41)30-39-21-22-46(43(26-39)48-29-53-36-62-48)58-23-11-3-9-18-37-14-5-1-6-15-37/h1-2,5-8,13-17,20-22,25-29,36,41-42H,3-4,9-12,18-19,23-24,30-35H2. The van der Waals surface area contributed by atoms with Gasteiger partial charge >= 0.3 is 11.9 Å². The maximum absolute atomic E-state index is 13.0. The quantitative estimate of drug-likeness (QED) is 0.0379. The van der Waals surface area contributed by atoms with E-state index in [0.717, 1.165) is 94.9 Å². The number of thiophene rings is 1. The summed E-state index contributed by atoms with van der Waals surface area (Å²) in [6.45, 7) is 4.79. The summed E-state index contributed by atoms with van der Waals surface area (Å²) < 4.78 is 18.0. The number of hydrogen-bond donors (Lipinski definition) is 0. The maximum atomic E-state index is 13.0. The first-order valence-corrected chi connectivity index (χ1v) is 24.0. The van der Waals surface area contributed by atoms with Crippen LogP contribution < -0.4 is 9.47 Å². The second kappa shape index (κ2) is 22.0. The number of esters is 2. The number of aryl methyl sites for hydroxylation is 2. The van der Waals surface area contributed by atoms with Gasteiger partial charge in [-0.1, -0.05) is 84.4 Å². The zero-order valence-electron chi connectivity index (χ0n) is 35.1. The van der Waals surface area contributed by atoms with Gasteiger partial charge in [-0.2, -0.15) is 0 Å². The largest absolute Gasteiger partial charge is 0.493 e. The molecule has 2 aliphatic rings. The molecule has 4 heterocycles. The van der Waals surface area contributed by atoms with Gasteiger partial charge in [0.15, 0.2) is 0 Å². The highest BCUT2D eigenvalue weighted by atomic mass is 35.5. The topological polar surface area (TPSA) is 81.2 Å². The van der Waals surface area contributed by atoms with Crippen molar-refractivity contribution >= 4 is 46.2 Å². The van der Waals surface area contributed by atoms with E-state index in [4.69, 9.17) is 25.8 Å². The minimum atomic E-state index is -0.435. The van der Waals surface area contributed by atoms with Crippen LogP contribution in [0.15, 0.2) is 120 Å². The molecule has 8 rings (SSSR count). The molecule has 0 radical (unpaired) electrons. The number of carbonyl (C=O) groups excluding carboxylic acids is 2. The zero-order chi connectivity index (χ0) is 42.5. The molecule has 6 aromatic rings. The maximum Gasteiger partial charge on any atom is 0.319 e. The molecule has 2 saturated heterocycles. The Labute approximate surface area is 378 Å². The third kappa shape index (κ3) is 12.0. The smallest absolute Gasteiger partial charge is 0.319 e. The van der Waals surface area contributed by atoms with Crippen LogP contribution >= 0.6 is 34.3 Å². The lowest BCUT2D eigenvalue weighted by Crippen LogP contribution is -2.53. The van der Waals surface area contributed by atoms with E-state index in [1.807, 2.05) is 23.8 Å². The Morgan fingerprint density at radius 1 is 0.613 bits per heavy atom. The highest BCUT2D eigenvalue weighted by molar-refractivity contribution is 7.13. The summed E-state index contributed by atoms with van der Waals surface area (Å²) in [5, 5.41) is 2.65. The van der Waals surface area contributed by atoms with Crippen molar-refractivity contribution in [2.24, 2.45) is 11.8 Å². The molecule has 0 unspecified atom stereocenters. The summed E-state index contributed by atoms with van der Waals surface area (Å²) in [6.07, 6.45) is 10.5. The number of rotatable bonds is 22. The van der Waals surface area contributed by atoms with Gasteiger partial charge in [0.25, 0.3) is 0 Å². The molecular weight excluding hydrogens is 834 g/mol. The predicted molar refractivity (Wildman–Crippen MR) is 250 cm³/mol. The van der Waals surface area contributed by atoms with Gasteiger partial charge in [-0.15, -0.1) is 22.7 Å². The van der Waals surface area contributed by atoms with E-state index in [0.29, 0.717) is 57.5 Å². The zero-order valence-corrected chi connectivity index (χ0v) is 37.5. The summed E-state index contributed by atoms with van der Waals surface area (Å²) in [5.41, 5.74) is 8.81. The molecule has 2 aliphatic heterocycles. The highest BCUT2D eigenvalue weighted by Crippen LogP contribution is 2.41. The molecule has 0 saturated carbocycles. The van der Waals surface area contributed by atoms with Crippen molar-refractivity contribution in [3.8, 4) is 32.4 Å². The van der Waals surface area contributed by atoms with Crippen molar-refractivity contribution in [3.05, 3.63) is 147 Å². The van der Waals surface area contributed by atoms with E-state index in [9.17, 15) is 9.59 Å². The third-order valence-electron chi connectivity index (χ3n) is 11.6. The van der Waals surface area contributed by atoms with Crippen LogP contribution in [0.5, 0.6) is 11.5 Å². The normalized spacial score (nSPS) is 14.6. The SMILES string of the molecule is O=C(OC(=O)C1CN(Cc2cc(Cl)c(OCCCCCc3ccccc3)c(-c3cccs3)c2)C1)C1CN(Cc2ccc(OCCCCCc3ccccc3)c(-c3cncs3)c2)C1. The molecule has 62 heavy (non-hydrogen) atoms. The van der Waals surface area contributed by atoms with E-state index in [1.165, 1.54) is 11.1 Å². The van der Waals surface area contributed by atoms with Crippen LogP contribution in [0.3, 0.4) is 0 Å². The molecule has 2 fully saturated rings. The Morgan fingerprint density at radius 3 is 1.82 bits per heavy atom. The fraction of sp³-hybridized carbons (Fsp3) is 0.353. The Bertz CT molecular complexity index is 2330. The van der Waals surface area contributed by atoms with Crippen LogP contribution in [-0.2, 0) is 40.3 Å². The molecule has 4 aromatic carbocycles. The van der Waals surface area contributed by atoms with Crippen LogP contribution in [0.2, 0.25) is 5.02 Å². The molecule has 0 aliphatic carbocycles. The van der Waals surface area contributed by atoms with E-state index >= 15 is 0 Å². The van der Waals surface area contributed by atoms with Crippen LogP contribution in [0.1, 0.15) is 60.8 Å². The van der Waals surface area contributed by atoms with Gasteiger partial charge in [-0.3, -0.25) is 24.4 Å². The number of hydrogen-bond acceptors (Lipinski definition) is 10. The lowest BCUT2D eigenvalue weighted by atomic mass is 9.97. The van der Waals surface area contributed by atoms with Crippen molar-refractivity contribution in [2.75, 3.05) is 39.4 Å². The Kier molecular flexibility index (Phi) is 15.5. The Morgan fingerprint density at radius 2 is 1.23 bits per heavy atom. The van der Waals surface area contributed by atoms with Crippen LogP contribution in [0.25, 0.3) is 20.9 Å². The second-order valence-electron chi connectivity index (χ2n) is 16.4. The van der Waals surface area contributed by atoms with E-state index in [2.05, 4.69) is 111 Å². The molecule has 0 N–H and O–H groups in total. The number of ether oxygens (including phenoxy) is 3. The Hall–Kier alpha value is -4.84.